The van der Waals surface area contributed by atoms with Gasteiger partial charge in [0.1, 0.15) is 5.69 Å². The monoisotopic (exact) mass is 609 g/mol. The van der Waals surface area contributed by atoms with Crippen molar-refractivity contribution in [2.75, 3.05) is 25.1 Å². The lowest BCUT2D eigenvalue weighted by atomic mass is 9.93. The van der Waals surface area contributed by atoms with Gasteiger partial charge in [-0.15, -0.1) is 0 Å². The standard InChI is InChI=1S/C35H36ClN5O3/c1-23-26(19-32-34-27(13-14-38-32)18-25(22-40-34)20-37-15-17-43)7-4-8-28(23)29-9-5-10-30(33(29)36)41-35(44)31-12-11-24(21-39-31)6-2-3-16-42/h4-5,7-14,18,21-22,37,42-43H,2-3,6,15-17,19-20H2,1H3,(H,41,44). The smallest absolute Gasteiger partial charge is 0.274 e. The predicted molar refractivity (Wildman–Crippen MR) is 175 cm³/mol. The Labute approximate surface area is 262 Å². The van der Waals surface area contributed by atoms with Crippen molar-refractivity contribution in [2.24, 2.45) is 0 Å². The number of carbonyl (C=O) groups excluding carboxylic acids is 1. The summed E-state index contributed by atoms with van der Waals surface area (Å²) in [7, 11) is 0. The number of aromatic nitrogens is 3. The highest BCUT2D eigenvalue weighted by molar-refractivity contribution is 6.36. The van der Waals surface area contributed by atoms with Crippen molar-refractivity contribution in [1.29, 1.82) is 0 Å². The van der Waals surface area contributed by atoms with Crippen LogP contribution in [0.4, 0.5) is 5.69 Å². The van der Waals surface area contributed by atoms with Crippen molar-refractivity contribution in [3.63, 3.8) is 0 Å². The molecule has 5 rings (SSSR count). The van der Waals surface area contributed by atoms with Gasteiger partial charge in [-0.2, -0.15) is 0 Å². The van der Waals surface area contributed by atoms with E-state index in [2.05, 4.69) is 39.7 Å². The van der Waals surface area contributed by atoms with E-state index in [9.17, 15) is 4.79 Å². The number of hydrogen-bond donors (Lipinski definition) is 4. The first-order valence-corrected chi connectivity index (χ1v) is 15.1. The molecule has 0 saturated carbocycles. The number of anilines is 1. The lowest BCUT2D eigenvalue weighted by Gasteiger charge is -2.16. The number of benzene rings is 2. The van der Waals surface area contributed by atoms with E-state index in [0.717, 1.165) is 69.2 Å². The maximum atomic E-state index is 13.0. The third-order valence-electron chi connectivity index (χ3n) is 7.62. The molecule has 0 aliphatic carbocycles. The van der Waals surface area contributed by atoms with Gasteiger partial charge < -0.3 is 20.8 Å². The second-order valence-electron chi connectivity index (χ2n) is 10.7. The molecular formula is C35H36ClN5O3. The maximum absolute atomic E-state index is 13.0. The van der Waals surface area contributed by atoms with Gasteiger partial charge in [0.2, 0.25) is 0 Å². The van der Waals surface area contributed by atoms with Gasteiger partial charge in [-0.1, -0.05) is 48.0 Å². The molecule has 0 saturated heterocycles. The number of aryl methyl sites for hydroxylation is 1. The van der Waals surface area contributed by atoms with Gasteiger partial charge in [-0.05, 0) is 78.3 Å². The first kappa shape index (κ1) is 31.2. The molecule has 9 heteroatoms. The molecule has 0 spiro atoms. The van der Waals surface area contributed by atoms with Crippen molar-refractivity contribution in [3.05, 3.63) is 118 Å². The van der Waals surface area contributed by atoms with E-state index in [1.165, 1.54) is 0 Å². The van der Waals surface area contributed by atoms with Crippen LogP contribution >= 0.6 is 11.6 Å². The van der Waals surface area contributed by atoms with Gasteiger partial charge in [0, 0.05) is 55.7 Å². The second kappa shape index (κ2) is 15.0. The molecule has 8 nitrogen and oxygen atoms in total. The minimum Gasteiger partial charge on any atom is -0.396 e. The molecule has 0 fully saturated rings. The Hall–Kier alpha value is -4.21. The van der Waals surface area contributed by atoms with Crippen molar-refractivity contribution >= 4 is 34.1 Å². The average molecular weight is 610 g/mol. The van der Waals surface area contributed by atoms with Crippen LogP contribution in [-0.4, -0.2) is 50.8 Å². The van der Waals surface area contributed by atoms with Crippen LogP contribution in [0, 0.1) is 6.92 Å². The van der Waals surface area contributed by atoms with Crippen molar-refractivity contribution < 1.29 is 15.0 Å². The number of aliphatic hydroxyl groups excluding tert-OH is 2. The summed E-state index contributed by atoms with van der Waals surface area (Å²) in [5, 5.41) is 25.6. The number of nitrogens with one attached hydrogen (secondary N) is 2. The Kier molecular flexibility index (Phi) is 10.6. The number of rotatable bonds is 13. The minimum atomic E-state index is -0.335. The number of hydrogen-bond acceptors (Lipinski definition) is 7. The Balaban J connectivity index is 1.35. The zero-order valence-corrected chi connectivity index (χ0v) is 25.4. The van der Waals surface area contributed by atoms with Crippen LogP contribution in [0.1, 0.15) is 51.3 Å². The van der Waals surface area contributed by atoms with Gasteiger partial charge in [-0.25, -0.2) is 0 Å². The largest absolute Gasteiger partial charge is 0.396 e. The van der Waals surface area contributed by atoms with Crippen LogP contribution in [-0.2, 0) is 19.4 Å². The average Bonchev–Trinajstić information content (AvgIpc) is 3.04. The summed E-state index contributed by atoms with van der Waals surface area (Å²) >= 11 is 6.90. The van der Waals surface area contributed by atoms with Gasteiger partial charge in [0.25, 0.3) is 5.91 Å². The van der Waals surface area contributed by atoms with Crippen LogP contribution in [0.25, 0.3) is 22.0 Å². The Bertz CT molecular complexity index is 1740. The number of pyridine rings is 3. The third kappa shape index (κ3) is 7.46. The summed E-state index contributed by atoms with van der Waals surface area (Å²) in [6.07, 6.45) is 8.38. The number of unbranched alkanes of at least 4 members (excludes halogenated alkanes) is 1. The molecule has 4 N–H and O–H groups in total. The molecule has 0 radical (unpaired) electrons. The summed E-state index contributed by atoms with van der Waals surface area (Å²) in [6, 6.07) is 19.4. The lowest BCUT2D eigenvalue weighted by Crippen LogP contribution is -2.17. The van der Waals surface area contributed by atoms with E-state index >= 15 is 0 Å². The molecule has 44 heavy (non-hydrogen) atoms. The number of fused-ring (bicyclic) bond motifs is 1. The number of aliphatic hydroxyl groups is 2. The molecule has 0 aliphatic heterocycles. The quantitative estimate of drug-likeness (QED) is 0.123. The number of halogens is 1. The zero-order chi connectivity index (χ0) is 30.9. The number of amides is 1. The van der Waals surface area contributed by atoms with Gasteiger partial charge >= 0.3 is 0 Å². The fourth-order valence-electron chi connectivity index (χ4n) is 5.22. The lowest BCUT2D eigenvalue weighted by molar-refractivity contribution is 0.102. The summed E-state index contributed by atoms with van der Waals surface area (Å²) in [5.74, 6) is -0.335. The minimum absolute atomic E-state index is 0.0945. The van der Waals surface area contributed by atoms with Crippen molar-refractivity contribution in [1.82, 2.24) is 20.3 Å². The van der Waals surface area contributed by atoms with Crippen LogP contribution < -0.4 is 10.6 Å². The molecule has 1 amide bonds. The van der Waals surface area contributed by atoms with Crippen LogP contribution in [0.2, 0.25) is 5.02 Å². The fourth-order valence-corrected chi connectivity index (χ4v) is 5.49. The summed E-state index contributed by atoms with van der Waals surface area (Å²) in [6.45, 7) is 3.51. The van der Waals surface area contributed by atoms with Gasteiger partial charge in [0.05, 0.1) is 28.5 Å². The van der Waals surface area contributed by atoms with E-state index in [-0.39, 0.29) is 19.1 Å². The van der Waals surface area contributed by atoms with E-state index in [4.69, 9.17) is 26.8 Å². The molecule has 0 unspecified atom stereocenters. The van der Waals surface area contributed by atoms with E-state index in [1.807, 2.05) is 48.8 Å². The number of nitrogens with zero attached hydrogens (tertiary/aromatic N) is 3. The van der Waals surface area contributed by atoms with E-state index in [1.54, 1.807) is 18.3 Å². The first-order valence-electron chi connectivity index (χ1n) is 14.8. The van der Waals surface area contributed by atoms with Crippen LogP contribution in [0.15, 0.2) is 79.3 Å². The maximum Gasteiger partial charge on any atom is 0.274 e. The van der Waals surface area contributed by atoms with Crippen LogP contribution in [0.5, 0.6) is 0 Å². The summed E-state index contributed by atoms with van der Waals surface area (Å²) in [4.78, 5) is 26.7. The van der Waals surface area contributed by atoms with Crippen molar-refractivity contribution in [3.8, 4) is 11.1 Å². The first-order chi connectivity index (χ1) is 21.5. The molecule has 0 bridgehead atoms. The van der Waals surface area contributed by atoms with Crippen LogP contribution in [0.3, 0.4) is 0 Å². The Morgan fingerprint density at radius 2 is 1.70 bits per heavy atom. The topological polar surface area (TPSA) is 120 Å². The third-order valence-corrected chi connectivity index (χ3v) is 8.03. The highest BCUT2D eigenvalue weighted by atomic mass is 35.5. The SMILES string of the molecule is Cc1c(Cc2nccc3cc(CNCCO)cnc23)cccc1-c1cccc(NC(=O)c2ccc(CCCCO)cn2)c1Cl. The molecule has 226 valence electrons. The van der Waals surface area contributed by atoms with E-state index < -0.39 is 0 Å². The second-order valence-corrected chi connectivity index (χ2v) is 11.1. The van der Waals surface area contributed by atoms with E-state index in [0.29, 0.717) is 35.9 Å². The fraction of sp³-hybridized carbons (Fsp3) is 0.257. The van der Waals surface area contributed by atoms with Gasteiger partial charge in [0.15, 0.2) is 0 Å². The molecule has 3 heterocycles. The van der Waals surface area contributed by atoms with Gasteiger partial charge in [-0.3, -0.25) is 19.7 Å². The highest BCUT2D eigenvalue weighted by Gasteiger charge is 2.16. The molecule has 3 aromatic heterocycles. The predicted octanol–water partition coefficient (Wildman–Crippen LogP) is 5.89. The molecule has 0 aliphatic rings. The number of carbonyl (C=O) groups is 1. The van der Waals surface area contributed by atoms with Crippen molar-refractivity contribution in [2.45, 2.75) is 39.2 Å². The molecular weight excluding hydrogens is 574 g/mol. The Morgan fingerprint density at radius 3 is 2.50 bits per heavy atom. The normalized spacial score (nSPS) is 11.2. The molecule has 0 atom stereocenters. The molecule has 5 aromatic rings. The Morgan fingerprint density at radius 1 is 0.886 bits per heavy atom. The molecule has 2 aromatic carbocycles. The zero-order valence-electron chi connectivity index (χ0n) is 24.7. The summed E-state index contributed by atoms with van der Waals surface area (Å²) < 4.78 is 0. The summed E-state index contributed by atoms with van der Waals surface area (Å²) in [5.41, 5.74) is 8.60. The highest BCUT2D eigenvalue weighted by Crippen LogP contribution is 2.37.